The Morgan fingerprint density at radius 1 is 1.04 bits per heavy atom. The second kappa shape index (κ2) is 7.53. The van der Waals surface area contributed by atoms with Crippen molar-refractivity contribution in [2.75, 3.05) is 5.32 Å². The van der Waals surface area contributed by atoms with Gasteiger partial charge in [-0.1, -0.05) is 48.5 Å². The van der Waals surface area contributed by atoms with Crippen molar-refractivity contribution in [3.8, 4) is 11.3 Å². The third kappa shape index (κ3) is 4.08. The van der Waals surface area contributed by atoms with Gasteiger partial charge in [0, 0.05) is 11.3 Å². The predicted molar refractivity (Wildman–Crippen MR) is 97.3 cm³/mol. The molecule has 3 aromatic rings. The highest BCUT2D eigenvalue weighted by molar-refractivity contribution is 6.05. The maximum Gasteiger partial charge on any atom is 0.259 e. The minimum Gasteiger partial charge on any atom is -0.545 e. The third-order valence-corrected chi connectivity index (χ3v) is 3.78. The lowest BCUT2D eigenvalue weighted by Gasteiger charge is -2.05. The summed E-state index contributed by atoms with van der Waals surface area (Å²) in [5.41, 5.74) is 2.53. The number of carbonyl (C=O) groups is 2. The van der Waals surface area contributed by atoms with E-state index in [0.29, 0.717) is 28.3 Å². The van der Waals surface area contributed by atoms with Gasteiger partial charge in [-0.3, -0.25) is 4.79 Å². The maximum atomic E-state index is 12.6. The van der Waals surface area contributed by atoms with E-state index in [2.05, 4.69) is 5.32 Å². The van der Waals surface area contributed by atoms with Crippen molar-refractivity contribution in [1.82, 2.24) is 0 Å². The first-order valence-electron chi connectivity index (χ1n) is 7.99. The molecule has 0 unspecified atom stereocenters. The van der Waals surface area contributed by atoms with Crippen LogP contribution >= 0.6 is 0 Å². The summed E-state index contributed by atoms with van der Waals surface area (Å²) in [6.45, 7) is 1.74. The molecule has 130 valence electrons. The quantitative estimate of drug-likeness (QED) is 0.719. The zero-order chi connectivity index (χ0) is 18.5. The van der Waals surface area contributed by atoms with Gasteiger partial charge in [-0.05, 0) is 36.8 Å². The highest BCUT2D eigenvalue weighted by Gasteiger charge is 2.16. The van der Waals surface area contributed by atoms with Crippen molar-refractivity contribution in [3.05, 3.63) is 83.6 Å². The topological polar surface area (TPSA) is 82.4 Å². The van der Waals surface area contributed by atoms with Crippen molar-refractivity contribution in [2.24, 2.45) is 0 Å². The van der Waals surface area contributed by atoms with E-state index in [1.807, 2.05) is 30.3 Å². The van der Waals surface area contributed by atoms with Crippen molar-refractivity contribution < 1.29 is 19.1 Å². The normalized spacial score (nSPS) is 10.8. The van der Waals surface area contributed by atoms with Crippen LogP contribution in [-0.2, 0) is 4.79 Å². The molecule has 1 amide bonds. The molecule has 3 rings (SSSR count). The number of hydrogen-bond donors (Lipinski definition) is 1. The van der Waals surface area contributed by atoms with Crippen LogP contribution in [0.25, 0.3) is 17.4 Å². The van der Waals surface area contributed by atoms with Crippen LogP contribution in [-0.4, -0.2) is 11.9 Å². The van der Waals surface area contributed by atoms with E-state index in [4.69, 9.17) is 4.42 Å². The molecule has 0 saturated carbocycles. The van der Waals surface area contributed by atoms with E-state index in [-0.39, 0.29) is 5.91 Å². The first-order chi connectivity index (χ1) is 12.5. The zero-order valence-electron chi connectivity index (χ0n) is 14.1. The molecule has 0 aliphatic heterocycles. The van der Waals surface area contributed by atoms with Crippen molar-refractivity contribution >= 4 is 23.6 Å². The van der Waals surface area contributed by atoms with Gasteiger partial charge in [0.1, 0.15) is 11.5 Å². The van der Waals surface area contributed by atoms with E-state index >= 15 is 0 Å². The van der Waals surface area contributed by atoms with Gasteiger partial charge in [-0.15, -0.1) is 0 Å². The lowest BCUT2D eigenvalue weighted by Crippen LogP contribution is -2.18. The largest absolute Gasteiger partial charge is 0.545 e. The smallest absolute Gasteiger partial charge is 0.259 e. The molecule has 0 spiro atoms. The second-order valence-electron chi connectivity index (χ2n) is 5.68. The van der Waals surface area contributed by atoms with E-state index in [1.54, 1.807) is 37.3 Å². The minimum atomic E-state index is -1.28. The number of rotatable bonds is 5. The molecule has 0 aliphatic carbocycles. The average Bonchev–Trinajstić information content (AvgIpc) is 3.03. The number of benzene rings is 2. The summed E-state index contributed by atoms with van der Waals surface area (Å²) in [6.07, 6.45) is 2.34. The van der Waals surface area contributed by atoms with Gasteiger partial charge in [0.25, 0.3) is 5.91 Å². The summed E-state index contributed by atoms with van der Waals surface area (Å²) < 4.78 is 5.70. The van der Waals surface area contributed by atoms with Crippen LogP contribution in [0.3, 0.4) is 0 Å². The van der Waals surface area contributed by atoms with Gasteiger partial charge in [-0.25, -0.2) is 0 Å². The van der Waals surface area contributed by atoms with Crippen LogP contribution in [0.2, 0.25) is 0 Å². The lowest BCUT2D eigenvalue weighted by molar-refractivity contribution is -0.297. The molecule has 2 aromatic carbocycles. The van der Waals surface area contributed by atoms with Crippen LogP contribution in [0, 0.1) is 6.92 Å². The number of nitrogens with one attached hydrogen (secondary N) is 1. The highest BCUT2D eigenvalue weighted by atomic mass is 16.4. The number of aryl methyl sites for hydroxylation is 1. The molecule has 1 N–H and O–H groups in total. The number of amides is 1. The zero-order valence-corrected chi connectivity index (χ0v) is 14.1. The molecule has 5 nitrogen and oxygen atoms in total. The molecule has 1 aromatic heterocycles. The number of aliphatic carboxylic acids is 1. The Morgan fingerprint density at radius 2 is 1.81 bits per heavy atom. The number of carbonyl (C=O) groups excluding carboxylic acids is 2. The minimum absolute atomic E-state index is 0.297. The monoisotopic (exact) mass is 346 g/mol. The lowest BCUT2D eigenvalue weighted by atomic mass is 10.1. The number of furan rings is 1. The van der Waals surface area contributed by atoms with Crippen molar-refractivity contribution in [2.45, 2.75) is 6.92 Å². The summed E-state index contributed by atoms with van der Waals surface area (Å²) in [7, 11) is 0. The van der Waals surface area contributed by atoms with Gasteiger partial charge in [0.2, 0.25) is 0 Å². The van der Waals surface area contributed by atoms with Crippen LogP contribution in [0.4, 0.5) is 5.69 Å². The fourth-order valence-electron chi connectivity index (χ4n) is 2.53. The Morgan fingerprint density at radius 3 is 2.54 bits per heavy atom. The Labute approximate surface area is 150 Å². The van der Waals surface area contributed by atoms with Crippen LogP contribution in [0.15, 0.2) is 71.2 Å². The first-order valence-corrected chi connectivity index (χ1v) is 7.99. The van der Waals surface area contributed by atoms with E-state index < -0.39 is 5.97 Å². The molecule has 5 heteroatoms. The average molecular weight is 346 g/mol. The molecular weight excluding hydrogens is 330 g/mol. The summed E-state index contributed by atoms with van der Waals surface area (Å²) in [4.78, 5) is 23.1. The molecule has 0 fully saturated rings. The predicted octanol–water partition coefficient (Wildman–Crippen LogP) is 3.27. The molecule has 0 bridgehead atoms. The Kier molecular flexibility index (Phi) is 4.99. The fourth-order valence-corrected chi connectivity index (χ4v) is 2.53. The summed E-state index contributed by atoms with van der Waals surface area (Å²) in [6, 6.07) is 18.1. The third-order valence-electron chi connectivity index (χ3n) is 3.78. The first kappa shape index (κ1) is 17.2. The Balaban J connectivity index is 1.80. The van der Waals surface area contributed by atoms with Crippen LogP contribution in [0.5, 0.6) is 0 Å². The molecule has 0 atom stereocenters. The van der Waals surface area contributed by atoms with E-state index in [0.717, 1.165) is 11.6 Å². The number of anilines is 1. The standard InChI is InChI=1S/C21H17NO4/c1-14-18(13-19(26-14)16-7-3-2-4-8-16)21(25)22-17-9-5-6-15(12-17)10-11-20(23)24/h2-13H,1H3,(H,22,25)(H,23,24)/p-1/b11-10-. The number of carboxylic acids is 1. The Hall–Kier alpha value is -3.60. The molecule has 0 aliphatic rings. The van der Waals surface area contributed by atoms with E-state index in [1.165, 1.54) is 6.08 Å². The van der Waals surface area contributed by atoms with Gasteiger partial charge in [-0.2, -0.15) is 0 Å². The fraction of sp³-hybridized carbons (Fsp3) is 0.0476. The van der Waals surface area contributed by atoms with Crippen molar-refractivity contribution in [3.63, 3.8) is 0 Å². The van der Waals surface area contributed by atoms with Crippen LogP contribution < -0.4 is 10.4 Å². The van der Waals surface area contributed by atoms with Crippen LogP contribution in [0.1, 0.15) is 21.7 Å². The van der Waals surface area contributed by atoms with Gasteiger partial charge in [0.15, 0.2) is 0 Å². The van der Waals surface area contributed by atoms with Gasteiger partial charge >= 0.3 is 0 Å². The molecule has 0 radical (unpaired) electrons. The summed E-state index contributed by atoms with van der Waals surface area (Å²) >= 11 is 0. The van der Waals surface area contributed by atoms with Gasteiger partial charge < -0.3 is 19.6 Å². The highest BCUT2D eigenvalue weighted by Crippen LogP contribution is 2.26. The SMILES string of the molecule is Cc1oc(-c2ccccc2)cc1C(=O)Nc1cccc(/C=C\C(=O)[O-])c1. The number of carboxylic acid groups (broad SMARTS) is 1. The second-order valence-corrected chi connectivity index (χ2v) is 5.68. The van der Waals surface area contributed by atoms with Gasteiger partial charge in [0.05, 0.1) is 11.5 Å². The number of hydrogen-bond acceptors (Lipinski definition) is 4. The molecule has 1 heterocycles. The summed E-state index contributed by atoms with van der Waals surface area (Å²) in [5.74, 6) is -0.426. The molecular formula is C21H16NO4-. The van der Waals surface area contributed by atoms with E-state index in [9.17, 15) is 14.7 Å². The van der Waals surface area contributed by atoms with Crippen molar-refractivity contribution in [1.29, 1.82) is 0 Å². The molecule has 26 heavy (non-hydrogen) atoms. The maximum absolute atomic E-state index is 12.6. The Bertz CT molecular complexity index is 971. The molecule has 0 saturated heterocycles. The summed E-state index contributed by atoms with van der Waals surface area (Å²) in [5, 5.41) is 13.3.